The normalized spacial score (nSPS) is 10.4. The second kappa shape index (κ2) is 6.11. The summed E-state index contributed by atoms with van der Waals surface area (Å²) in [5, 5.41) is 6.55. The van der Waals surface area contributed by atoms with E-state index < -0.39 is 0 Å². The number of benzene rings is 1. The first kappa shape index (κ1) is 11.7. The highest BCUT2D eigenvalue weighted by Crippen LogP contribution is 2.08. The van der Waals surface area contributed by atoms with Crippen LogP contribution in [0.25, 0.3) is 0 Å². The van der Waals surface area contributed by atoms with E-state index >= 15 is 0 Å². The monoisotopic (exact) mass is 229 g/mol. The number of rotatable bonds is 6. The average molecular weight is 229 g/mol. The molecule has 1 heterocycles. The molecule has 0 spiro atoms. The fourth-order valence-electron chi connectivity index (χ4n) is 1.77. The summed E-state index contributed by atoms with van der Waals surface area (Å²) in [6.07, 6.45) is 3.01. The topological polar surface area (TPSA) is 39.8 Å². The molecule has 17 heavy (non-hydrogen) atoms. The zero-order valence-electron chi connectivity index (χ0n) is 10.2. The van der Waals surface area contributed by atoms with Gasteiger partial charge < -0.3 is 15.6 Å². The first-order chi connectivity index (χ1) is 8.38. The quantitative estimate of drug-likeness (QED) is 0.666. The van der Waals surface area contributed by atoms with E-state index in [0.29, 0.717) is 0 Å². The Morgan fingerprint density at radius 3 is 2.59 bits per heavy atom. The maximum atomic E-state index is 3.44. The van der Waals surface area contributed by atoms with Crippen molar-refractivity contribution >= 4 is 5.69 Å². The minimum Gasteiger partial charge on any atom is -0.388 e. The van der Waals surface area contributed by atoms with Crippen LogP contribution in [0.3, 0.4) is 0 Å². The largest absolute Gasteiger partial charge is 0.388 e. The summed E-state index contributed by atoms with van der Waals surface area (Å²) in [7, 11) is 1.93. The SMILES string of the molecule is CNc1ccc(CNCCc2ccc[nH]2)cc1. The molecule has 90 valence electrons. The maximum absolute atomic E-state index is 3.44. The van der Waals surface area contributed by atoms with Gasteiger partial charge in [0.2, 0.25) is 0 Å². The summed E-state index contributed by atoms with van der Waals surface area (Å²) in [6.45, 7) is 1.92. The Morgan fingerprint density at radius 2 is 1.94 bits per heavy atom. The number of nitrogens with one attached hydrogen (secondary N) is 3. The third kappa shape index (κ3) is 3.64. The summed E-state index contributed by atoms with van der Waals surface area (Å²) in [5.74, 6) is 0. The lowest BCUT2D eigenvalue weighted by molar-refractivity contribution is 0.681. The van der Waals surface area contributed by atoms with Gasteiger partial charge >= 0.3 is 0 Å². The van der Waals surface area contributed by atoms with Crippen LogP contribution in [-0.4, -0.2) is 18.6 Å². The predicted molar refractivity (Wildman–Crippen MR) is 72.2 cm³/mol. The fourth-order valence-corrected chi connectivity index (χ4v) is 1.77. The van der Waals surface area contributed by atoms with Gasteiger partial charge in [0.15, 0.2) is 0 Å². The third-order valence-corrected chi connectivity index (χ3v) is 2.81. The van der Waals surface area contributed by atoms with E-state index in [0.717, 1.165) is 25.2 Å². The molecule has 0 radical (unpaired) electrons. The summed E-state index contributed by atoms with van der Waals surface area (Å²) in [5.41, 5.74) is 3.75. The summed E-state index contributed by atoms with van der Waals surface area (Å²) in [6, 6.07) is 12.6. The number of anilines is 1. The van der Waals surface area contributed by atoms with Gasteiger partial charge in [-0.05, 0) is 36.2 Å². The van der Waals surface area contributed by atoms with Crippen molar-refractivity contribution in [1.82, 2.24) is 10.3 Å². The Kier molecular flexibility index (Phi) is 4.22. The van der Waals surface area contributed by atoms with Crippen molar-refractivity contribution in [2.75, 3.05) is 18.9 Å². The number of H-pyrrole nitrogens is 1. The van der Waals surface area contributed by atoms with E-state index in [-0.39, 0.29) is 0 Å². The van der Waals surface area contributed by atoms with E-state index in [9.17, 15) is 0 Å². The van der Waals surface area contributed by atoms with Crippen LogP contribution < -0.4 is 10.6 Å². The van der Waals surface area contributed by atoms with Crippen molar-refractivity contribution in [2.45, 2.75) is 13.0 Å². The van der Waals surface area contributed by atoms with E-state index in [4.69, 9.17) is 0 Å². The Morgan fingerprint density at radius 1 is 1.12 bits per heavy atom. The molecule has 0 saturated carbocycles. The minimum atomic E-state index is 0.921. The van der Waals surface area contributed by atoms with E-state index in [1.54, 1.807) is 0 Å². The first-order valence-corrected chi connectivity index (χ1v) is 5.98. The minimum absolute atomic E-state index is 0.921. The number of hydrogen-bond donors (Lipinski definition) is 3. The molecule has 0 saturated heterocycles. The Bertz CT molecular complexity index is 417. The van der Waals surface area contributed by atoms with Crippen LogP contribution >= 0.6 is 0 Å². The Labute approximate surface area is 102 Å². The lowest BCUT2D eigenvalue weighted by Crippen LogP contribution is -2.16. The van der Waals surface area contributed by atoms with Gasteiger partial charge in [-0.25, -0.2) is 0 Å². The van der Waals surface area contributed by atoms with Crippen molar-refractivity contribution in [3.63, 3.8) is 0 Å². The molecule has 0 atom stereocenters. The molecule has 2 aromatic rings. The van der Waals surface area contributed by atoms with Gasteiger partial charge in [-0.15, -0.1) is 0 Å². The molecule has 0 amide bonds. The van der Waals surface area contributed by atoms with Crippen LogP contribution in [0.2, 0.25) is 0 Å². The Hall–Kier alpha value is -1.74. The summed E-state index contributed by atoms with van der Waals surface area (Å²) < 4.78 is 0. The zero-order valence-corrected chi connectivity index (χ0v) is 10.2. The highest BCUT2D eigenvalue weighted by atomic mass is 14.9. The summed E-state index contributed by atoms with van der Waals surface area (Å²) >= 11 is 0. The molecule has 0 unspecified atom stereocenters. The zero-order chi connectivity index (χ0) is 11.9. The molecule has 3 heteroatoms. The molecular weight excluding hydrogens is 210 g/mol. The lowest BCUT2D eigenvalue weighted by Gasteiger charge is -2.05. The number of aromatic amines is 1. The maximum Gasteiger partial charge on any atom is 0.0337 e. The first-order valence-electron chi connectivity index (χ1n) is 5.98. The van der Waals surface area contributed by atoms with Crippen molar-refractivity contribution in [3.05, 3.63) is 53.9 Å². The van der Waals surface area contributed by atoms with Gasteiger partial charge in [0.25, 0.3) is 0 Å². The molecule has 3 N–H and O–H groups in total. The van der Waals surface area contributed by atoms with Gasteiger partial charge in [0.05, 0.1) is 0 Å². The van der Waals surface area contributed by atoms with Crippen molar-refractivity contribution < 1.29 is 0 Å². The van der Waals surface area contributed by atoms with E-state index in [2.05, 4.69) is 45.9 Å². The second-order valence-electron chi connectivity index (χ2n) is 4.07. The predicted octanol–water partition coefficient (Wildman–Crippen LogP) is 2.39. The van der Waals surface area contributed by atoms with Crippen molar-refractivity contribution in [1.29, 1.82) is 0 Å². The van der Waals surface area contributed by atoms with Crippen LogP contribution in [0.4, 0.5) is 5.69 Å². The van der Waals surface area contributed by atoms with Gasteiger partial charge in [-0.3, -0.25) is 0 Å². The van der Waals surface area contributed by atoms with E-state index in [1.165, 1.54) is 11.3 Å². The highest BCUT2D eigenvalue weighted by molar-refractivity contribution is 5.43. The van der Waals surface area contributed by atoms with Crippen LogP contribution in [0.1, 0.15) is 11.3 Å². The smallest absolute Gasteiger partial charge is 0.0337 e. The van der Waals surface area contributed by atoms with E-state index in [1.807, 2.05) is 19.3 Å². The standard InChI is InChI=1S/C14H19N3/c1-15-13-6-4-12(5-7-13)11-16-10-8-14-3-2-9-17-14/h2-7,9,15-17H,8,10-11H2,1H3. The van der Waals surface area contributed by atoms with Crippen molar-refractivity contribution in [2.24, 2.45) is 0 Å². The molecule has 0 aliphatic rings. The summed E-state index contributed by atoms with van der Waals surface area (Å²) in [4.78, 5) is 3.20. The van der Waals surface area contributed by atoms with Crippen molar-refractivity contribution in [3.8, 4) is 0 Å². The number of hydrogen-bond acceptors (Lipinski definition) is 2. The van der Waals surface area contributed by atoms with Gasteiger partial charge in [-0.2, -0.15) is 0 Å². The molecule has 3 nitrogen and oxygen atoms in total. The molecular formula is C14H19N3. The fraction of sp³-hybridized carbons (Fsp3) is 0.286. The van der Waals surface area contributed by atoms with Gasteiger partial charge in [0.1, 0.15) is 0 Å². The van der Waals surface area contributed by atoms with Crippen LogP contribution in [0, 0.1) is 0 Å². The molecule has 0 aliphatic heterocycles. The van der Waals surface area contributed by atoms with Crippen LogP contribution in [-0.2, 0) is 13.0 Å². The van der Waals surface area contributed by atoms with Crippen LogP contribution in [0.15, 0.2) is 42.6 Å². The van der Waals surface area contributed by atoms with Gasteiger partial charge in [0, 0.05) is 37.7 Å². The third-order valence-electron chi connectivity index (χ3n) is 2.81. The van der Waals surface area contributed by atoms with Crippen LogP contribution in [0.5, 0.6) is 0 Å². The lowest BCUT2D eigenvalue weighted by atomic mass is 10.2. The molecule has 0 fully saturated rings. The number of aromatic nitrogens is 1. The average Bonchev–Trinajstić information content (AvgIpc) is 2.88. The Balaban J connectivity index is 1.70. The second-order valence-corrected chi connectivity index (χ2v) is 4.07. The highest BCUT2D eigenvalue weighted by Gasteiger charge is 1.95. The molecule has 0 bridgehead atoms. The molecule has 1 aromatic carbocycles. The van der Waals surface area contributed by atoms with Gasteiger partial charge in [-0.1, -0.05) is 12.1 Å². The molecule has 1 aromatic heterocycles. The molecule has 2 rings (SSSR count). The molecule has 0 aliphatic carbocycles.